The van der Waals surface area contributed by atoms with Crippen LogP contribution in [0.15, 0.2) is 28.2 Å². The van der Waals surface area contributed by atoms with E-state index in [0.717, 1.165) is 11.0 Å². The third kappa shape index (κ3) is 4.15. The lowest BCUT2D eigenvalue weighted by Crippen LogP contribution is -2.19. The molecule has 1 aromatic carbocycles. The molecule has 0 spiro atoms. The number of halogens is 2. The molecule has 1 aliphatic rings. The first-order valence-corrected chi connectivity index (χ1v) is 7.80. The van der Waals surface area contributed by atoms with E-state index in [9.17, 15) is 4.39 Å². The van der Waals surface area contributed by atoms with Crippen molar-refractivity contribution < 1.29 is 4.39 Å². The number of benzene rings is 1. The van der Waals surface area contributed by atoms with Gasteiger partial charge in [-0.2, -0.15) is 0 Å². The van der Waals surface area contributed by atoms with Crippen LogP contribution in [0.3, 0.4) is 0 Å². The van der Waals surface area contributed by atoms with Gasteiger partial charge in [0.05, 0.1) is 0 Å². The Morgan fingerprint density at radius 2 is 2.11 bits per heavy atom. The molecule has 1 aromatic rings. The number of rotatable bonds is 4. The Bertz CT molecular complexity index is 450. The van der Waals surface area contributed by atoms with Crippen molar-refractivity contribution in [3.05, 3.63) is 39.6 Å². The van der Waals surface area contributed by atoms with E-state index in [1.165, 1.54) is 43.7 Å². The monoisotopic (exact) mass is 325 g/mol. The first-order valence-electron chi connectivity index (χ1n) is 7.01. The molecule has 0 aliphatic heterocycles. The zero-order valence-corrected chi connectivity index (χ0v) is 13.0. The summed E-state index contributed by atoms with van der Waals surface area (Å²) in [6.45, 7) is 0.844. The second kappa shape index (κ2) is 7.20. The van der Waals surface area contributed by atoms with E-state index >= 15 is 0 Å². The Balaban J connectivity index is 2.25. The predicted octanol–water partition coefficient (Wildman–Crippen LogP) is 4.77. The summed E-state index contributed by atoms with van der Waals surface area (Å²) in [6, 6.07) is 5.12. The lowest BCUT2D eigenvalue weighted by molar-refractivity contribution is 0.398. The van der Waals surface area contributed by atoms with Crippen LogP contribution in [-0.4, -0.2) is 13.6 Å². The van der Waals surface area contributed by atoms with Crippen LogP contribution in [0.4, 0.5) is 4.39 Å². The molecule has 1 aliphatic carbocycles. The fourth-order valence-electron chi connectivity index (χ4n) is 2.82. The van der Waals surface area contributed by atoms with E-state index in [-0.39, 0.29) is 5.82 Å². The van der Waals surface area contributed by atoms with Crippen LogP contribution < -0.4 is 5.32 Å². The van der Waals surface area contributed by atoms with Crippen molar-refractivity contribution in [2.45, 2.75) is 32.1 Å². The first kappa shape index (κ1) is 14.7. The third-order valence-electron chi connectivity index (χ3n) is 3.81. The zero-order chi connectivity index (χ0) is 13.7. The van der Waals surface area contributed by atoms with Crippen molar-refractivity contribution in [1.29, 1.82) is 0 Å². The van der Waals surface area contributed by atoms with Crippen LogP contribution in [-0.2, 0) is 0 Å². The minimum Gasteiger partial charge on any atom is -0.316 e. The largest absolute Gasteiger partial charge is 0.316 e. The Morgan fingerprint density at radius 3 is 2.79 bits per heavy atom. The molecule has 0 bridgehead atoms. The van der Waals surface area contributed by atoms with Crippen LogP contribution >= 0.6 is 15.9 Å². The van der Waals surface area contributed by atoms with Crippen molar-refractivity contribution >= 4 is 22.0 Å². The second-order valence-corrected chi connectivity index (χ2v) is 6.17. The maximum absolute atomic E-state index is 13.9. The Morgan fingerprint density at radius 1 is 1.37 bits per heavy atom. The smallest absolute Gasteiger partial charge is 0.130 e. The van der Waals surface area contributed by atoms with Crippen LogP contribution in [0, 0.1) is 11.7 Å². The normalized spacial score (nSPS) is 17.7. The summed E-state index contributed by atoms with van der Waals surface area (Å²) in [5, 5.41) is 3.22. The standard InChI is InChI=1S/C16H21BrFN/c1-19-11-14(12-5-3-2-4-6-12)9-13-10-15(17)7-8-16(13)18/h7-10,12,19H,2-6,11H2,1H3. The van der Waals surface area contributed by atoms with Crippen LogP contribution in [0.25, 0.3) is 6.08 Å². The van der Waals surface area contributed by atoms with Crippen LogP contribution in [0.2, 0.25) is 0 Å². The molecule has 19 heavy (non-hydrogen) atoms. The molecular weight excluding hydrogens is 305 g/mol. The summed E-state index contributed by atoms with van der Waals surface area (Å²) in [7, 11) is 1.95. The molecule has 0 atom stereocenters. The molecule has 0 radical (unpaired) electrons. The number of likely N-dealkylation sites (N-methyl/N-ethyl adjacent to an activating group) is 1. The van der Waals surface area contributed by atoms with Gasteiger partial charge in [0.2, 0.25) is 0 Å². The van der Waals surface area contributed by atoms with Crippen molar-refractivity contribution in [2.75, 3.05) is 13.6 Å². The molecule has 1 fully saturated rings. The highest BCUT2D eigenvalue weighted by atomic mass is 79.9. The van der Waals surface area contributed by atoms with E-state index in [2.05, 4.69) is 21.2 Å². The maximum Gasteiger partial charge on any atom is 0.130 e. The van der Waals surface area contributed by atoms with Crippen LogP contribution in [0.5, 0.6) is 0 Å². The fraction of sp³-hybridized carbons (Fsp3) is 0.500. The molecule has 0 aromatic heterocycles. The van der Waals surface area contributed by atoms with Gasteiger partial charge in [-0.3, -0.25) is 0 Å². The van der Waals surface area contributed by atoms with Gasteiger partial charge in [-0.15, -0.1) is 0 Å². The highest BCUT2D eigenvalue weighted by Gasteiger charge is 2.17. The summed E-state index contributed by atoms with van der Waals surface area (Å²) >= 11 is 3.41. The van der Waals surface area contributed by atoms with Crippen molar-refractivity contribution in [3.63, 3.8) is 0 Å². The molecule has 2 rings (SSSR count). The molecule has 0 amide bonds. The number of hydrogen-bond acceptors (Lipinski definition) is 1. The molecule has 0 unspecified atom stereocenters. The summed E-state index contributed by atoms with van der Waals surface area (Å²) in [4.78, 5) is 0. The van der Waals surface area contributed by atoms with E-state index in [1.54, 1.807) is 6.07 Å². The summed E-state index contributed by atoms with van der Waals surface area (Å²) in [5.74, 6) is 0.465. The average molecular weight is 326 g/mol. The highest BCUT2D eigenvalue weighted by Crippen LogP contribution is 2.31. The number of nitrogens with one attached hydrogen (secondary N) is 1. The molecule has 104 valence electrons. The Hall–Kier alpha value is -0.670. The van der Waals surface area contributed by atoms with Gasteiger partial charge in [0.1, 0.15) is 5.82 Å². The van der Waals surface area contributed by atoms with Crippen LogP contribution in [0.1, 0.15) is 37.7 Å². The SMILES string of the molecule is CNCC(=Cc1cc(Br)ccc1F)C1CCCCC1. The van der Waals surface area contributed by atoms with E-state index in [4.69, 9.17) is 0 Å². The lowest BCUT2D eigenvalue weighted by Gasteiger charge is -2.24. The van der Waals surface area contributed by atoms with E-state index < -0.39 is 0 Å². The molecule has 1 nitrogen and oxygen atoms in total. The molecular formula is C16H21BrFN. The average Bonchev–Trinajstić information content (AvgIpc) is 2.43. The van der Waals surface area contributed by atoms with Crippen molar-refractivity contribution in [2.24, 2.45) is 5.92 Å². The lowest BCUT2D eigenvalue weighted by atomic mass is 9.83. The zero-order valence-electron chi connectivity index (χ0n) is 11.4. The topological polar surface area (TPSA) is 12.0 Å². The maximum atomic E-state index is 13.9. The van der Waals surface area contributed by atoms with Gasteiger partial charge in [0.15, 0.2) is 0 Å². The predicted molar refractivity (Wildman–Crippen MR) is 82.6 cm³/mol. The molecule has 1 saturated carbocycles. The van der Waals surface area contributed by atoms with Gasteiger partial charge in [-0.1, -0.05) is 46.8 Å². The first-order chi connectivity index (χ1) is 9.20. The van der Waals surface area contributed by atoms with Gasteiger partial charge >= 0.3 is 0 Å². The molecule has 0 heterocycles. The quantitative estimate of drug-likeness (QED) is 0.840. The fourth-order valence-corrected chi connectivity index (χ4v) is 3.19. The number of hydrogen-bond donors (Lipinski definition) is 1. The van der Waals surface area contributed by atoms with Gasteiger partial charge in [-0.05, 0) is 44.0 Å². The highest BCUT2D eigenvalue weighted by molar-refractivity contribution is 9.10. The minimum atomic E-state index is -0.146. The summed E-state index contributed by atoms with van der Waals surface area (Å²) < 4.78 is 14.8. The second-order valence-electron chi connectivity index (χ2n) is 5.25. The van der Waals surface area contributed by atoms with Crippen molar-refractivity contribution in [3.8, 4) is 0 Å². The Kier molecular flexibility index (Phi) is 5.59. The van der Waals surface area contributed by atoms with E-state index in [1.807, 2.05) is 19.2 Å². The molecule has 3 heteroatoms. The van der Waals surface area contributed by atoms with Gasteiger partial charge < -0.3 is 5.32 Å². The minimum absolute atomic E-state index is 0.146. The summed E-state index contributed by atoms with van der Waals surface area (Å²) in [6.07, 6.45) is 8.45. The Labute approximate surface area is 123 Å². The molecule has 0 saturated heterocycles. The molecule has 1 N–H and O–H groups in total. The van der Waals surface area contributed by atoms with Crippen molar-refractivity contribution in [1.82, 2.24) is 5.32 Å². The van der Waals surface area contributed by atoms with Gasteiger partial charge in [0.25, 0.3) is 0 Å². The third-order valence-corrected chi connectivity index (χ3v) is 4.30. The summed E-state index contributed by atoms with van der Waals surface area (Å²) in [5.41, 5.74) is 2.02. The van der Waals surface area contributed by atoms with Gasteiger partial charge in [-0.25, -0.2) is 4.39 Å². The van der Waals surface area contributed by atoms with E-state index in [0.29, 0.717) is 11.5 Å². The van der Waals surface area contributed by atoms with Gasteiger partial charge in [0, 0.05) is 16.6 Å².